The average Bonchev–Trinajstić information content (AvgIpc) is 3.16. The second-order valence-corrected chi connectivity index (χ2v) is 11.4. The third-order valence-electron chi connectivity index (χ3n) is 8.71. The molecule has 0 radical (unpaired) electrons. The number of nitrogens with zero attached hydrogens (tertiary/aromatic N) is 2. The number of hydrazine groups is 1. The van der Waals surface area contributed by atoms with Crippen LogP contribution in [0, 0.1) is 5.92 Å². The Morgan fingerprint density at radius 1 is 1.11 bits per heavy atom. The van der Waals surface area contributed by atoms with E-state index in [1.54, 1.807) is 6.92 Å². The molecule has 7 nitrogen and oxygen atoms in total. The fourth-order valence-corrected chi connectivity index (χ4v) is 6.47. The van der Waals surface area contributed by atoms with Crippen LogP contribution in [0.1, 0.15) is 86.2 Å². The van der Waals surface area contributed by atoms with Crippen molar-refractivity contribution in [2.24, 2.45) is 11.8 Å². The van der Waals surface area contributed by atoms with E-state index >= 15 is 0 Å². The van der Waals surface area contributed by atoms with E-state index in [0.717, 1.165) is 36.8 Å². The number of hydrogen-bond acceptors (Lipinski definition) is 5. The Kier molecular flexibility index (Phi) is 6.89. The number of imide groups is 1. The molecule has 0 spiro atoms. The summed E-state index contributed by atoms with van der Waals surface area (Å²) < 4.78 is 28.6. The number of fused-ring (bicyclic) bond motifs is 1. The minimum atomic E-state index is -1.09. The van der Waals surface area contributed by atoms with Crippen LogP contribution in [-0.2, 0) is 22.6 Å². The van der Waals surface area contributed by atoms with Gasteiger partial charge in [-0.3, -0.25) is 14.4 Å². The fourth-order valence-electron chi connectivity index (χ4n) is 6.47. The van der Waals surface area contributed by atoms with Gasteiger partial charge in [0.25, 0.3) is 11.8 Å². The zero-order valence-electron chi connectivity index (χ0n) is 20.8. The molecule has 0 bridgehead atoms. The highest BCUT2D eigenvalue weighted by Gasteiger charge is 2.42. The fraction of sp³-hybridized carbons (Fsp3) is 0.667. The van der Waals surface area contributed by atoms with Gasteiger partial charge in [0.05, 0.1) is 0 Å². The van der Waals surface area contributed by atoms with Crippen molar-refractivity contribution in [3.63, 3.8) is 0 Å². The van der Waals surface area contributed by atoms with Crippen molar-refractivity contribution in [3.05, 3.63) is 34.9 Å². The molecule has 1 saturated heterocycles. The molecule has 3 fully saturated rings. The van der Waals surface area contributed by atoms with Crippen molar-refractivity contribution in [2.45, 2.75) is 108 Å². The van der Waals surface area contributed by atoms with Gasteiger partial charge in [0.15, 0.2) is 0 Å². The van der Waals surface area contributed by atoms with E-state index in [-0.39, 0.29) is 36.8 Å². The lowest BCUT2D eigenvalue weighted by molar-refractivity contribution is -0.152. The van der Waals surface area contributed by atoms with Crippen molar-refractivity contribution >= 4 is 17.7 Å². The summed E-state index contributed by atoms with van der Waals surface area (Å²) in [5, 5.41) is 4.30. The summed E-state index contributed by atoms with van der Waals surface area (Å²) in [4.78, 5) is 38.8. The second-order valence-electron chi connectivity index (χ2n) is 11.4. The number of amides is 3. The Labute approximate surface area is 210 Å². The van der Waals surface area contributed by atoms with Gasteiger partial charge >= 0.3 is 0 Å². The average molecular weight is 503 g/mol. The lowest BCUT2D eigenvalue weighted by Gasteiger charge is -2.39. The van der Waals surface area contributed by atoms with E-state index in [2.05, 4.69) is 5.32 Å². The molecule has 2 aliphatic heterocycles. The quantitative estimate of drug-likeness (QED) is 0.366. The minimum absolute atomic E-state index is 0.0436. The molecule has 196 valence electrons. The predicted molar refractivity (Wildman–Crippen MR) is 130 cm³/mol. The van der Waals surface area contributed by atoms with Gasteiger partial charge in [-0.2, -0.15) is 0 Å². The van der Waals surface area contributed by atoms with Crippen molar-refractivity contribution in [1.29, 1.82) is 0 Å². The van der Waals surface area contributed by atoms with Crippen LogP contribution >= 0.6 is 0 Å². The molecule has 2 saturated carbocycles. The summed E-state index contributed by atoms with van der Waals surface area (Å²) in [5.41, 5.74) is 1.43. The van der Waals surface area contributed by atoms with Crippen LogP contribution in [0.2, 0.25) is 0 Å². The number of benzene rings is 1. The summed E-state index contributed by atoms with van der Waals surface area (Å²) in [6.07, 6.45) is 4.79. The maximum Gasteiger partial charge on any atom is 0.266 e. The summed E-state index contributed by atoms with van der Waals surface area (Å²) in [6.45, 7) is 1.98. The monoisotopic (exact) mass is 502 g/mol. The highest BCUT2D eigenvalue weighted by Crippen LogP contribution is 2.35. The number of alkyl halides is 2. The molecule has 5 rings (SSSR count). The summed E-state index contributed by atoms with van der Waals surface area (Å²) in [6, 6.07) is 5.33. The normalized spacial score (nSPS) is 35.3. The molecule has 2 aliphatic carbocycles. The first-order valence-electron chi connectivity index (χ1n) is 13.2. The van der Waals surface area contributed by atoms with Crippen molar-refractivity contribution in [1.82, 2.24) is 15.2 Å². The molecule has 4 aliphatic rings. The van der Waals surface area contributed by atoms with E-state index in [1.807, 2.05) is 18.2 Å². The van der Waals surface area contributed by atoms with Crippen LogP contribution in [0.4, 0.5) is 8.78 Å². The van der Waals surface area contributed by atoms with Gasteiger partial charge in [0, 0.05) is 30.6 Å². The molecule has 0 aromatic heterocycles. The number of hydrogen-bond donors (Lipinski definition) is 2. The molecular formula is C27H36F2N4O3. The van der Waals surface area contributed by atoms with Gasteiger partial charge in [-0.1, -0.05) is 12.1 Å². The Morgan fingerprint density at radius 2 is 1.86 bits per heavy atom. The van der Waals surface area contributed by atoms with Crippen LogP contribution in [-0.4, -0.2) is 57.6 Å². The largest absolute Gasteiger partial charge is 0.322 e. The van der Waals surface area contributed by atoms with Crippen molar-refractivity contribution in [2.75, 3.05) is 0 Å². The molecule has 1 aromatic carbocycles. The molecule has 1 aromatic rings. The standard InChI is InChI=1S/C27H36F2N4O3/c1-27(29)10-8-20(9-11-27)31-22-14-19(28)4-3-17(22)12-16-2-5-21-18(13-16)15-32(25(21)35)23-6-7-24(34)33(30)26(23)36/h2,5,13,17,19-20,22-23,31H,3-4,6-12,14-15,30H2,1H3/t17-,19-,20?,22?,23?,27?/m1/s1. The van der Waals surface area contributed by atoms with Crippen molar-refractivity contribution < 1.29 is 23.2 Å². The molecule has 2 unspecified atom stereocenters. The Hall–Kier alpha value is -2.39. The number of nitrogens with one attached hydrogen (secondary N) is 1. The molecular weight excluding hydrogens is 466 g/mol. The van der Waals surface area contributed by atoms with E-state index in [0.29, 0.717) is 42.8 Å². The first-order valence-corrected chi connectivity index (χ1v) is 13.2. The number of carbonyl (C=O) groups is 3. The SMILES string of the molecule is CC1(F)CCC(NC2C[C@H](F)CC[C@@H]2Cc2ccc3c(c2)CN(C2CCC(=O)N(N)C2=O)C3=O)CC1. The number of piperidine rings is 1. The number of halogens is 2. The molecule has 3 N–H and O–H groups in total. The van der Waals surface area contributed by atoms with Crippen molar-refractivity contribution in [3.8, 4) is 0 Å². The highest BCUT2D eigenvalue weighted by atomic mass is 19.1. The number of carbonyl (C=O) groups excluding carboxylic acids is 3. The lowest BCUT2D eigenvalue weighted by Crippen LogP contribution is -2.57. The van der Waals surface area contributed by atoms with E-state index in [1.165, 1.54) is 4.90 Å². The molecule has 3 amide bonds. The van der Waals surface area contributed by atoms with Gasteiger partial charge in [0.1, 0.15) is 17.9 Å². The van der Waals surface area contributed by atoms with Gasteiger partial charge in [-0.15, -0.1) is 0 Å². The third kappa shape index (κ3) is 5.05. The predicted octanol–water partition coefficient (Wildman–Crippen LogP) is 3.34. The first kappa shape index (κ1) is 25.3. The van der Waals surface area contributed by atoms with Crippen LogP contribution in [0.5, 0.6) is 0 Å². The van der Waals surface area contributed by atoms with Gasteiger partial charge in [0.2, 0.25) is 5.91 Å². The van der Waals surface area contributed by atoms with E-state index < -0.39 is 29.7 Å². The third-order valence-corrected chi connectivity index (χ3v) is 8.71. The molecule has 2 heterocycles. The summed E-state index contributed by atoms with van der Waals surface area (Å²) in [7, 11) is 0. The minimum Gasteiger partial charge on any atom is -0.322 e. The molecule has 4 atom stereocenters. The van der Waals surface area contributed by atoms with Gasteiger partial charge in [-0.25, -0.2) is 19.6 Å². The van der Waals surface area contributed by atoms with Crippen LogP contribution < -0.4 is 11.2 Å². The zero-order valence-corrected chi connectivity index (χ0v) is 20.8. The Bertz CT molecular complexity index is 1040. The van der Waals surface area contributed by atoms with Crippen LogP contribution in [0.15, 0.2) is 18.2 Å². The highest BCUT2D eigenvalue weighted by molar-refractivity contribution is 6.05. The van der Waals surface area contributed by atoms with Crippen LogP contribution in [0.25, 0.3) is 0 Å². The number of nitrogens with two attached hydrogens (primary N) is 1. The van der Waals surface area contributed by atoms with Gasteiger partial charge < -0.3 is 10.2 Å². The maximum atomic E-state index is 14.3. The van der Waals surface area contributed by atoms with E-state index in [9.17, 15) is 23.2 Å². The molecule has 36 heavy (non-hydrogen) atoms. The van der Waals surface area contributed by atoms with E-state index in [4.69, 9.17) is 5.84 Å². The second kappa shape index (κ2) is 9.82. The Balaban J connectivity index is 1.26. The lowest BCUT2D eigenvalue weighted by atomic mass is 9.78. The molecule has 9 heteroatoms. The first-order chi connectivity index (χ1) is 17.1. The summed E-state index contributed by atoms with van der Waals surface area (Å²) >= 11 is 0. The zero-order chi connectivity index (χ0) is 25.6. The topological polar surface area (TPSA) is 95.7 Å². The van der Waals surface area contributed by atoms with Crippen LogP contribution in [0.3, 0.4) is 0 Å². The number of rotatable bonds is 5. The smallest absolute Gasteiger partial charge is 0.266 e. The maximum absolute atomic E-state index is 14.3. The Morgan fingerprint density at radius 3 is 2.61 bits per heavy atom. The summed E-state index contributed by atoms with van der Waals surface area (Å²) in [5.74, 6) is 4.68. The van der Waals surface area contributed by atoms with Gasteiger partial charge in [-0.05, 0) is 87.8 Å².